The number of amides is 1. The largest absolute Gasteiger partial charge is 0.493 e. The van der Waals surface area contributed by atoms with E-state index in [1.54, 1.807) is 24.3 Å². The fourth-order valence-corrected chi connectivity index (χ4v) is 4.18. The molecule has 0 spiro atoms. The Bertz CT molecular complexity index is 1100. The van der Waals surface area contributed by atoms with E-state index in [1.165, 1.54) is 19.2 Å². The lowest BCUT2D eigenvalue weighted by atomic mass is 10.1. The molecule has 2 aromatic rings. The van der Waals surface area contributed by atoms with Crippen LogP contribution in [0.3, 0.4) is 0 Å². The first kappa shape index (κ1) is 22.4. The molecule has 1 aliphatic rings. The zero-order valence-electron chi connectivity index (χ0n) is 17.3. The van der Waals surface area contributed by atoms with Gasteiger partial charge in [-0.1, -0.05) is 18.2 Å². The summed E-state index contributed by atoms with van der Waals surface area (Å²) in [7, 11) is -2.24. The minimum atomic E-state index is -3.76. The third-order valence-electron chi connectivity index (χ3n) is 4.52. The van der Waals surface area contributed by atoms with E-state index >= 15 is 0 Å². The Morgan fingerprint density at radius 3 is 2.77 bits per heavy atom. The maximum atomic E-state index is 12.5. The van der Waals surface area contributed by atoms with E-state index in [4.69, 9.17) is 9.47 Å². The van der Waals surface area contributed by atoms with Gasteiger partial charge in [-0.2, -0.15) is 0 Å². The van der Waals surface area contributed by atoms with Gasteiger partial charge in [-0.05, 0) is 48.7 Å². The van der Waals surface area contributed by atoms with Crippen molar-refractivity contribution >= 4 is 27.5 Å². The average Bonchev–Trinajstić information content (AvgIpc) is 3.25. The molecule has 2 aromatic carbocycles. The van der Waals surface area contributed by atoms with Gasteiger partial charge in [0, 0.05) is 18.7 Å². The highest BCUT2D eigenvalue weighted by Crippen LogP contribution is 2.28. The first-order valence-corrected chi connectivity index (χ1v) is 11.3. The fourth-order valence-electron chi connectivity index (χ4n) is 3.04. The molecule has 1 aliphatic heterocycles. The second kappa shape index (κ2) is 10.1. The molecule has 164 valence electrons. The van der Waals surface area contributed by atoms with Crippen LogP contribution in [0.5, 0.6) is 11.5 Å². The lowest BCUT2D eigenvalue weighted by Gasteiger charge is -2.13. The molecule has 0 aliphatic carbocycles. The van der Waals surface area contributed by atoms with E-state index in [2.05, 4.69) is 21.6 Å². The molecule has 1 heterocycles. The highest BCUT2D eigenvalue weighted by molar-refractivity contribution is 7.90. The van der Waals surface area contributed by atoms with Crippen LogP contribution in [0.1, 0.15) is 18.4 Å². The van der Waals surface area contributed by atoms with Crippen molar-refractivity contribution in [3.63, 3.8) is 0 Å². The number of nitrogens with one attached hydrogen (secondary N) is 2. The van der Waals surface area contributed by atoms with E-state index in [9.17, 15) is 13.2 Å². The molecule has 0 fully saturated rings. The normalized spacial score (nSPS) is 13.3. The van der Waals surface area contributed by atoms with Gasteiger partial charge in [0.25, 0.3) is 15.9 Å². The maximum Gasteiger partial charge on any atom is 0.262 e. The van der Waals surface area contributed by atoms with Crippen LogP contribution in [0, 0.1) is 0 Å². The Kier molecular flexibility index (Phi) is 7.30. The molecule has 0 atom stereocenters. The SMILES string of the molecule is C=CCc1ccc(OCC(=O)Nc2cccc(S(=O)(=O)NC3=NCCC3)c2)c(OC)c1. The standard InChI is InChI=1S/C22H25N3O5S/c1-3-6-16-10-11-19(20(13-16)29-2)30-15-22(26)24-17-7-4-8-18(14-17)31(27,28)25-21-9-5-12-23-21/h3-4,7-8,10-11,13-14H,1,5-6,9,12,15H2,2H3,(H,23,25)(H,24,26). The van der Waals surface area contributed by atoms with Crippen molar-refractivity contribution in [3.8, 4) is 11.5 Å². The predicted molar refractivity (Wildman–Crippen MR) is 119 cm³/mol. The number of amidine groups is 1. The monoisotopic (exact) mass is 443 g/mol. The molecule has 1 amide bonds. The summed E-state index contributed by atoms with van der Waals surface area (Å²) in [5.74, 6) is 0.972. The average molecular weight is 444 g/mol. The topological polar surface area (TPSA) is 106 Å². The number of carbonyl (C=O) groups is 1. The number of aliphatic imine (C=N–C) groups is 1. The summed E-state index contributed by atoms with van der Waals surface area (Å²) in [5.41, 5.74) is 1.36. The zero-order chi connectivity index (χ0) is 22.3. The minimum Gasteiger partial charge on any atom is -0.493 e. The maximum absolute atomic E-state index is 12.5. The molecule has 8 nitrogen and oxygen atoms in total. The molecule has 31 heavy (non-hydrogen) atoms. The molecular formula is C22H25N3O5S. The van der Waals surface area contributed by atoms with Crippen molar-refractivity contribution in [2.45, 2.75) is 24.2 Å². The predicted octanol–water partition coefficient (Wildman–Crippen LogP) is 2.91. The number of sulfonamides is 1. The van der Waals surface area contributed by atoms with Crippen molar-refractivity contribution in [1.82, 2.24) is 4.72 Å². The lowest BCUT2D eigenvalue weighted by molar-refractivity contribution is -0.118. The molecule has 3 rings (SSSR count). The summed E-state index contributed by atoms with van der Waals surface area (Å²) in [6, 6.07) is 11.4. The van der Waals surface area contributed by atoms with Crippen LogP contribution < -0.4 is 19.5 Å². The Morgan fingerprint density at radius 1 is 1.23 bits per heavy atom. The highest BCUT2D eigenvalue weighted by atomic mass is 32.2. The van der Waals surface area contributed by atoms with Gasteiger partial charge in [0.2, 0.25) is 0 Å². The summed E-state index contributed by atoms with van der Waals surface area (Å²) in [6.45, 7) is 4.07. The van der Waals surface area contributed by atoms with Crippen molar-refractivity contribution < 1.29 is 22.7 Å². The Labute approximate surface area is 182 Å². The third kappa shape index (κ3) is 6.08. The van der Waals surface area contributed by atoms with Crippen LogP contribution in [-0.2, 0) is 21.2 Å². The van der Waals surface area contributed by atoms with Crippen LogP contribution in [0.4, 0.5) is 5.69 Å². The zero-order valence-corrected chi connectivity index (χ0v) is 18.1. The molecule has 0 unspecified atom stereocenters. The van der Waals surface area contributed by atoms with Crippen LogP contribution in [0.2, 0.25) is 0 Å². The summed E-state index contributed by atoms with van der Waals surface area (Å²) in [6.07, 6.45) is 3.91. The number of rotatable bonds is 9. The molecule has 9 heteroatoms. The van der Waals surface area contributed by atoms with Crippen LogP contribution in [0.15, 0.2) is 65.0 Å². The van der Waals surface area contributed by atoms with Gasteiger partial charge in [-0.25, -0.2) is 8.42 Å². The number of allylic oxidation sites excluding steroid dienone is 1. The molecular weight excluding hydrogens is 418 g/mol. The number of nitrogens with zero attached hydrogens (tertiary/aromatic N) is 1. The van der Waals surface area contributed by atoms with Crippen LogP contribution >= 0.6 is 0 Å². The highest BCUT2D eigenvalue weighted by Gasteiger charge is 2.19. The number of anilines is 1. The van der Waals surface area contributed by atoms with Gasteiger partial charge in [0.1, 0.15) is 5.84 Å². The summed E-state index contributed by atoms with van der Waals surface area (Å²) >= 11 is 0. The number of hydrogen-bond donors (Lipinski definition) is 2. The summed E-state index contributed by atoms with van der Waals surface area (Å²) < 4.78 is 38.4. The van der Waals surface area contributed by atoms with E-state index < -0.39 is 15.9 Å². The van der Waals surface area contributed by atoms with E-state index in [0.717, 1.165) is 12.0 Å². The first-order chi connectivity index (χ1) is 14.9. The second-order valence-electron chi connectivity index (χ2n) is 6.88. The minimum absolute atomic E-state index is 0.0419. The second-order valence-corrected chi connectivity index (χ2v) is 8.56. The molecule has 0 aromatic heterocycles. The fraction of sp³-hybridized carbons (Fsp3) is 0.273. The van der Waals surface area contributed by atoms with Crippen molar-refractivity contribution in [2.75, 3.05) is 25.6 Å². The van der Waals surface area contributed by atoms with Gasteiger partial charge in [0.15, 0.2) is 18.1 Å². The van der Waals surface area contributed by atoms with E-state index in [1.807, 2.05) is 12.1 Å². The molecule has 2 N–H and O–H groups in total. The number of hydrogen-bond acceptors (Lipinski definition) is 6. The summed E-state index contributed by atoms with van der Waals surface area (Å²) in [5, 5.41) is 2.65. The lowest BCUT2D eigenvalue weighted by Crippen LogP contribution is -2.29. The Hall–Kier alpha value is -3.33. The first-order valence-electron chi connectivity index (χ1n) is 9.78. The Balaban J connectivity index is 1.62. The van der Waals surface area contributed by atoms with Crippen molar-refractivity contribution in [3.05, 3.63) is 60.7 Å². The quantitative estimate of drug-likeness (QED) is 0.580. The van der Waals surface area contributed by atoms with Crippen LogP contribution in [0.25, 0.3) is 0 Å². The van der Waals surface area contributed by atoms with Crippen molar-refractivity contribution in [1.29, 1.82) is 0 Å². The van der Waals surface area contributed by atoms with E-state index in [0.29, 0.717) is 42.4 Å². The van der Waals surface area contributed by atoms with Gasteiger partial charge < -0.3 is 14.8 Å². The molecule has 0 bridgehead atoms. The molecule has 0 radical (unpaired) electrons. The Morgan fingerprint density at radius 2 is 2.06 bits per heavy atom. The molecule has 0 saturated carbocycles. The van der Waals surface area contributed by atoms with Gasteiger partial charge in [0.05, 0.1) is 12.0 Å². The number of ether oxygens (including phenoxy) is 2. The van der Waals surface area contributed by atoms with E-state index in [-0.39, 0.29) is 11.5 Å². The number of methoxy groups -OCH3 is 1. The molecule has 0 saturated heterocycles. The smallest absolute Gasteiger partial charge is 0.262 e. The van der Waals surface area contributed by atoms with Gasteiger partial charge >= 0.3 is 0 Å². The summed E-state index contributed by atoms with van der Waals surface area (Å²) in [4.78, 5) is 16.5. The van der Waals surface area contributed by atoms with Gasteiger partial charge in [-0.15, -0.1) is 6.58 Å². The number of benzene rings is 2. The van der Waals surface area contributed by atoms with Gasteiger partial charge in [-0.3, -0.25) is 14.5 Å². The third-order valence-corrected chi connectivity index (χ3v) is 5.90. The van der Waals surface area contributed by atoms with Crippen LogP contribution in [-0.4, -0.2) is 40.4 Å². The number of carbonyl (C=O) groups excluding carboxylic acids is 1. The van der Waals surface area contributed by atoms with Crippen molar-refractivity contribution in [2.24, 2.45) is 4.99 Å².